The lowest BCUT2D eigenvalue weighted by Gasteiger charge is -2.10. The van der Waals surface area contributed by atoms with Gasteiger partial charge in [0, 0.05) is 41.8 Å². The van der Waals surface area contributed by atoms with Crippen LogP contribution in [0.2, 0.25) is 0 Å². The Hall–Kier alpha value is -2.63. The summed E-state index contributed by atoms with van der Waals surface area (Å²) < 4.78 is 1.63. The number of hydrogen-bond donors (Lipinski definition) is 1. The van der Waals surface area contributed by atoms with Gasteiger partial charge in [-0.25, -0.2) is 4.68 Å². The fourth-order valence-corrected chi connectivity index (χ4v) is 1.95. The summed E-state index contributed by atoms with van der Waals surface area (Å²) in [5, 5.41) is 18.2. The number of nitrogens with zero attached hydrogens (tertiary/aromatic N) is 3. The van der Waals surface area contributed by atoms with Crippen LogP contribution in [0.25, 0.3) is 6.20 Å². The molecule has 2 aromatic rings. The van der Waals surface area contributed by atoms with Crippen LogP contribution in [-0.4, -0.2) is 14.7 Å². The Morgan fingerprint density at radius 2 is 2.20 bits per heavy atom. The molecule has 1 aromatic carbocycles. The van der Waals surface area contributed by atoms with Gasteiger partial charge in [0.1, 0.15) is 0 Å². The monoisotopic (exact) mass is 272 g/mol. The van der Waals surface area contributed by atoms with Gasteiger partial charge in [0.05, 0.1) is 11.1 Å². The highest BCUT2D eigenvalue weighted by molar-refractivity contribution is 5.59. The number of rotatable bonds is 5. The topological polar surface area (TPSA) is 73.0 Å². The Kier molecular flexibility index (Phi) is 3.84. The lowest BCUT2D eigenvalue weighted by atomic mass is 10.1. The van der Waals surface area contributed by atoms with Crippen molar-refractivity contribution in [3.63, 3.8) is 0 Å². The molecule has 0 bridgehead atoms. The van der Waals surface area contributed by atoms with Crippen LogP contribution in [0.3, 0.4) is 0 Å². The fraction of sp³-hybridized carbons (Fsp3) is 0.214. The molecule has 0 atom stereocenters. The Balaban J connectivity index is 2.15. The summed E-state index contributed by atoms with van der Waals surface area (Å²) in [5.74, 6) is 0. The second kappa shape index (κ2) is 5.56. The van der Waals surface area contributed by atoms with Crippen molar-refractivity contribution >= 4 is 17.6 Å². The molecule has 0 aliphatic carbocycles. The van der Waals surface area contributed by atoms with E-state index in [1.165, 1.54) is 0 Å². The van der Waals surface area contributed by atoms with E-state index in [1.807, 2.05) is 13.1 Å². The van der Waals surface area contributed by atoms with Gasteiger partial charge < -0.3 is 5.32 Å². The molecule has 1 heterocycles. The molecule has 0 fully saturated rings. The number of hydrogen-bond acceptors (Lipinski definition) is 4. The summed E-state index contributed by atoms with van der Waals surface area (Å²) in [6.07, 6.45) is 5.24. The van der Waals surface area contributed by atoms with Crippen LogP contribution in [0, 0.1) is 24.0 Å². The van der Waals surface area contributed by atoms with Gasteiger partial charge in [-0.15, -0.1) is 0 Å². The zero-order valence-electron chi connectivity index (χ0n) is 11.5. The molecule has 0 aliphatic rings. The zero-order chi connectivity index (χ0) is 14.7. The summed E-state index contributed by atoms with van der Waals surface area (Å²) in [7, 11) is 0. The average molecular weight is 272 g/mol. The Morgan fingerprint density at radius 1 is 1.45 bits per heavy atom. The van der Waals surface area contributed by atoms with E-state index >= 15 is 0 Å². The minimum absolute atomic E-state index is 0.146. The molecule has 0 radical (unpaired) electrons. The van der Waals surface area contributed by atoms with Crippen molar-refractivity contribution in [3.05, 3.63) is 57.9 Å². The van der Waals surface area contributed by atoms with E-state index < -0.39 is 0 Å². The van der Waals surface area contributed by atoms with Crippen LogP contribution in [0.5, 0.6) is 0 Å². The van der Waals surface area contributed by atoms with Gasteiger partial charge in [-0.2, -0.15) is 5.10 Å². The molecule has 104 valence electrons. The van der Waals surface area contributed by atoms with Crippen molar-refractivity contribution in [2.45, 2.75) is 20.4 Å². The van der Waals surface area contributed by atoms with Crippen molar-refractivity contribution in [2.24, 2.45) is 0 Å². The third kappa shape index (κ3) is 2.85. The molecular weight excluding hydrogens is 256 g/mol. The molecule has 0 aliphatic heterocycles. The molecule has 0 saturated carbocycles. The summed E-state index contributed by atoms with van der Waals surface area (Å²) in [6.45, 7) is 7.82. The maximum absolute atomic E-state index is 10.9. The number of nitro benzene ring substituents is 1. The molecule has 20 heavy (non-hydrogen) atoms. The predicted molar refractivity (Wildman–Crippen MR) is 78.5 cm³/mol. The summed E-state index contributed by atoms with van der Waals surface area (Å²) in [4.78, 5) is 10.5. The van der Waals surface area contributed by atoms with Crippen LogP contribution >= 0.6 is 0 Å². The van der Waals surface area contributed by atoms with E-state index in [-0.39, 0.29) is 10.6 Å². The van der Waals surface area contributed by atoms with Gasteiger partial charge in [0.2, 0.25) is 0 Å². The Morgan fingerprint density at radius 3 is 2.80 bits per heavy atom. The van der Waals surface area contributed by atoms with E-state index in [2.05, 4.69) is 17.0 Å². The molecule has 1 N–H and O–H groups in total. The second-order valence-corrected chi connectivity index (χ2v) is 4.58. The maximum atomic E-state index is 10.9. The molecule has 0 unspecified atom stereocenters. The van der Waals surface area contributed by atoms with Crippen LogP contribution in [0.4, 0.5) is 11.4 Å². The molecule has 6 nitrogen and oxygen atoms in total. The van der Waals surface area contributed by atoms with Crippen LogP contribution in [-0.2, 0) is 6.54 Å². The first-order valence-electron chi connectivity index (χ1n) is 6.16. The lowest BCUT2D eigenvalue weighted by molar-refractivity contribution is -0.385. The van der Waals surface area contributed by atoms with Crippen LogP contribution in [0.1, 0.15) is 16.7 Å². The van der Waals surface area contributed by atoms with Crippen LogP contribution < -0.4 is 5.32 Å². The van der Waals surface area contributed by atoms with E-state index in [1.54, 1.807) is 36.1 Å². The van der Waals surface area contributed by atoms with Crippen molar-refractivity contribution in [1.82, 2.24) is 9.78 Å². The van der Waals surface area contributed by atoms with E-state index in [0.717, 1.165) is 16.8 Å². The smallest absolute Gasteiger partial charge is 0.272 e. The SMILES string of the molecule is C=Cn1cc(CNc2cc(C)c([N+](=O)[O-])cc2C)cn1. The minimum Gasteiger partial charge on any atom is -0.381 e. The predicted octanol–water partition coefficient (Wildman–Crippen LogP) is 3.12. The first-order valence-corrected chi connectivity index (χ1v) is 6.16. The van der Waals surface area contributed by atoms with Crippen molar-refractivity contribution in [2.75, 3.05) is 5.32 Å². The van der Waals surface area contributed by atoms with Crippen LogP contribution in [0.15, 0.2) is 31.1 Å². The molecular formula is C14H16N4O2. The maximum Gasteiger partial charge on any atom is 0.272 e. The summed E-state index contributed by atoms with van der Waals surface area (Å²) in [6, 6.07) is 3.39. The highest BCUT2D eigenvalue weighted by Gasteiger charge is 2.13. The first-order chi connectivity index (χ1) is 9.51. The highest BCUT2D eigenvalue weighted by Crippen LogP contribution is 2.26. The van der Waals surface area contributed by atoms with E-state index in [9.17, 15) is 10.1 Å². The number of aromatic nitrogens is 2. The van der Waals surface area contributed by atoms with E-state index in [0.29, 0.717) is 12.1 Å². The number of aryl methyl sites for hydroxylation is 2. The normalized spacial score (nSPS) is 10.3. The molecule has 0 spiro atoms. The number of nitro groups is 1. The lowest BCUT2D eigenvalue weighted by Crippen LogP contribution is -2.02. The summed E-state index contributed by atoms with van der Waals surface area (Å²) >= 11 is 0. The van der Waals surface area contributed by atoms with Crippen molar-refractivity contribution < 1.29 is 4.92 Å². The Labute approximate surface area is 116 Å². The van der Waals surface area contributed by atoms with Gasteiger partial charge in [-0.3, -0.25) is 10.1 Å². The van der Waals surface area contributed by atoms with Gasteiger partial charge in [0.25, 0.3) is 5.69 Å². The quantitative estimate of drug-likeness (QED) is 0.670. The molecule has 0 saturated heterocycles. The molecule has 6 heteroatoms. The largest absolute Gasteiger partial charge is 0.381 e. The van der Waals surface area contributed by atoms with Gasteiger partial charge in [0.15, 0.2) is 0 Å². The standard InChI is InChI=1S/C14H16N4O2/c1-4-17-9-12(8-16-17)7-15-13-5-11(3)14(18(19)20)6-10(13)2/h4-6,8-9,15H,1,7H2,2-3H3. The number of benzene rings is 1. The zero-order valence-corrected chi connectivity index (χ0v) is 11.5. The summed E-state index contributed by atoms with van der Waals surface area (Å²) in [5.41, 5.74) is 3.54. The third-order valence-corrected chi connectivity index (χ3v) is 3.06. The third-order valence-electron chi connectivity index (χ3n) is 3.06. The van der Waals surface area contributed by atoms with Crippen molar-refractivity contribution in [1.29, 1.82) is 0 Å². The first kappa shape index (κ1) is 13.8. The second-order valence-electron chi connectivity index (χ2n) is 4.58. The minimum atomic E-state index is -0.361. The number of nitrogens with one attached hydrogen (secondary N) is 1. The molecule has 2 rings (SSSR count). The van der Waals surface area contributed by atoms with Gasteiger partial charge >= 0.3 is 0 Å². The molecule has 1 aromatic heterocycles. The highest BCUT2D eigenvalue weighted by atomic mass is 16.6. The van der Waals surface area contributed by atoms with Gasteiger partial charge in [-0.05, 0) is 25.5 Å². The molecule has 0 amide bonds. The fourth-order valence-electron chi connectivity index (χ4n) is 1.95. The number of anilines is 1. The van der Waals surface area contributed by atoms with E-state index in [4.69, 9.17) is 0 Å². The van der Waals surface area contributed by atoms with Crippen molar-refractivity contribution in [3.8, 4) is 0 Å². The average Bonchev–Trinajstić information content (AvgIpc) is 2.87. The van der Waals surface area contributed by atoms with Gasteiger partial charge in [-0.1, -0.05) is 6.58 Å². The Bertz CT molecular complexity index is 661.